The Morgan fingerprint density at radius 3 is 2.86 bits per heavy atom. The lowest BCUT2D eigenvalue weighted by molar-refractivity contribution is 0.0957. The van der Waals surface area contributed by atoms with Crippen molar-refractivity contribution in [3.05, 3.63) is 48.3 Å². The maximum absolute atomic E-state index is 11.8. The molecule has 2 rings (SSSR count). The van der Waals surface area contributed by atoms with Crippen LogP contribution < -0.4 is 0 Å². The lowest BCUT2D eigenvalue weighted by atomic mass is 10.3. The lowest BCUT2D eigenvalue weighted by Gasteiger charge is -2.01. The first kappa shape index (κ1) is 8.62. The van der Waals surface area contributed by atoms with E-state index < -0.39 is 0 Å². The molecule has 0 unspecified atom stereocenters. The summed E-state index contributed by atoms with van der Waals surface area (Å²) >= 11 is 0. The molecule has 0 saturated heterocycles. The van der Waals surface area contributed by atoms with Crippen molar-refractivity contribution in [1.29, 1.82) is 0 Å². The summed E-state index contributed by atoms with van der Waals surface area (Å²) in [6.45, 7) is 1.79. The van der Waals surface area contributed by atoms with Crippen LogP contribution >= 0.6 is 0 Å². The number of hydrogen-bond acceptors (Lipinski definition) is 3. The van der Waals surface area contributed by atoms with E-state index in [2.05, 4.69) is 9.97 Å². The van der Waals surface area contributed by atoms with Crippen molar-refractivity contribution in [3.8, 4) is 0 Å². The van der Waals surface area contributed by atoms with Crippen molar-refractivity contribution in [3.63, 3.8) is 0 Å². The molecule has 2 aromatic heterocycles. The van der Waals surface area contributed by atoms with Crippen LogP contribution in [0.3, 0.4) is 0 Å². The minimum atomic E-state index is -0.104. The van der Waals surface area contributed by atoms with Gasteiger partial charge in [0.1, 0.15) is 5.82 Å². The SMILES string of the molecule is Cc1nccn1C(=O)c1cccnc1. The standard InChI is InChI=1S/C10H9N3O/c1-8-12-5-6-13(8)10(14)9-3-2-4-11-7-9/h2-7H,1H3. The number of rotatable bonds is 1. The maximum Gasteiger partial charge on any atom is 0.264 e. The highest BCUT2D eigenvalue weighted by molar-refractivity contribution is 5.95. The van der Waals surface area contributed by atoms with Gasteiger partial charge in [-0.05, 0) is 19.1 Å². The van der Waals surface area contributed by atoms with E-state index in [9.17, 15) is 4.79 Å². The van der Waals surface area contributed by atoms with Gasteiger partial charge in [0, 0.05) is 24.8 Å². The minimum Gasteiger partial charge on any atom is -0.270 e. The summed E-state index contributed by atoms with van der Waals surface area (Å²) in [5.41, 5.74) is 0.564. The molecular formula is C10H9N3O. The van der Waals surface area contributed by atoms with E-state index in [-0.39, 0.29) is 5.91 Å². The van der Waals surface area contributed by atoms with E-state index in [0.717, 1.165) is 0 Å². The Bertz CT molecular complexity index is 447. The van der Waals surface area contributed by atoms with Crippen LogP contribution in [-0.4, -0.2) is 20.4 Å². The molecular weight excluding hydrogens is 178 g/mol. The molecule has 0 radical (unpaired) electrons. The van der Waals surface area contributed by atoms with Crippen molar-refractivity contribution in [2.24, 2.45) is 0 Å². The van der Waals surface area contributed by atoms with E-state index in [1.807, 2.05) is 0 Å². The van der Waals surface area contributed by atoms with Crippen LogP contribution in [-0.2, 0) is 0 Å². The largest absolute Gasteiger partial charge is 0.270 e. The van der Waals surface area contributed by atoms with Gasteiger partial charge in [-0.15, -0.1) is 0 Å². The Morgan fingerprint density at radius 2 is 2.29 bits per heavy atom. The van der Waals surface area contributed by atoms with Crippen LogP contribution in [0.1, 0.15) is 16.2 Å². The molecule has 0 aliphatic heterocycles. The summed E-state index contributed by atoms with van der Waals surface area (Å²) < 4.78 is 1.50. The quantitative estimate of drug-likeness (QED) is 0.675. The number of nitrogens with zero attached hydrogens (tertiary/aromatic N) is 3. The van der Waals surface area contributed by atoms with Gasteiger partial charge in [-0.3, -0.25) is 14.3 Å². The number of imidazole rings is 1. The van der Waals surface area contributed by atoms with Gasteiger partial charge in [0.15, 0.2) is 0 Å². The second kappa shape index (κ2) is 3.41. The third kappa shape index (κ3) is 1.42. The first-order valence-electron chi connectivity index (χ1n) is 4.24. The molecule has 0 atom stereocenters. The first-order valence-corrected chi connectivity index (χ1v) is 4.24. The minimum absolute atomic E-state index is 0.104. The fourth-order valence-corrected chi connectivity index (χ4v) is 1.22. The zero-order valence-electron chi connectivity index (χ0n) is 7.71. The van der Waals surface area contributed by atoms with Crippen LogP contribution in [0.25, 0.3) is 0 Å². The summed E-state index contributed by atoms with van der Waals surface area (Å²) in [6.07, 6.45) is 6.42. The Labute approximate surface area is 81.2 Å². The molecule has 0 bridgehead atoms. The lowest BCUT2D eigenvalue weighted by Crippen LogP contribution is -2.12. The van der Waals surface area contributed by atoms with E-state index >= 15 is 0 Å². The Hall–Kier alpha value is -1.97. The Balaban J connectivity index is 2.39. The molecule has 0 aromatic carbocycles. The summed E-state index contributed by atoms with van der Waals surface area (Å²) in [5.74, 6) is 0.576. The number of aromatic nitrogens is 3. The smallest absolute Gasteiger partial charge is 0.264 e. The normalized spacial score (nSPS) is 10.1. The van der Waals surface area contributed by atoms with Gasteiger partial charge in [-0.2, -0.15) is 0 Å². The fraction of sp³-hybridized carbons (Fsp3) is 0.100. The van der Waals surface area contributed by atoms with Crippen LogP contribution in [0, 0.1) is 6.92 Å². The van der Waals surface area contributed by atoms with Crippen molar-refractivity contribution in [2.45, 2.75) is 6.92 Å². The van der Waals surface area contributed by atoms with Crippen molar-refractivity contribution in [2.75, 3.05) is 0 Å². The average Bonchev–Trinajstić information content (AvgIpc) is 2.65. The van der Waals surface area contributed by atoms with Crippen LogP contribution in [0.15, 0.2) is 36.9 Å². The van der Waals surface area contributed by atoms with Crippen molar-refractivity contribution >= 4 is 5.91 Å². The molecule has 14 heavy (non-hydrogen) atoms. The second-order valence-electron chi connectivity index (χ2n) is 2.89. The van der Waals surface area contributed by atoms with Gasteiger partial charge in [0.05, 0.1) is 5.56 Å². The monoisotopic (exact) mass is 187 g/mol. The van der Waals surface area contributed by atoms with E-state index in [1.54, 1.807) is 43.8 Å². The molecule has 70 valence electrons. The molecule has 0 spiro atoms. The van der Waals surface area contributed by atoms with Gasteiger partial charge in [-0.25, -0.2) is 4.98 Å². The molecule has 0 amide bonds. The molecule has 2 heterocycles. The topological polar surface area (TPSA) is 47.8 Å². The first-order chi connectivity index (χ1) is 6.79. The zero-order chi connectivity index (χ0) is 9.97. The third-order valence-electron chi connectivity index (χ3n) is 1.95. The summed E-state index contributed by atoms with van der Waals surface area (Å²) in [5, 5.41) is 0. The van der Waals surface area contributed by atoms with Crippen LogP contribution in [0.2, 0.25) is 0 Å². The van der Waals surface area contributed by atoms with Gasteiger partial charge in [-0.1, -0.05) is 0 Å². The number of carbonyl (C=O) groups excluding carboxylic acids is 1. The number of carbonyl (C=O) groups is 1. The van der Waals surface area contributed by atoms with E-state index in [1.165, 1.54) is 4.57 Å². The van der Waals surface area contributed by atoms with Gasteiger partial charge in [0.2, 0.25) is 0 Å². The van der Waals surface area contributed by atoms with Crippen molar-refractivity contribution in [1.82, 2.24) is 14.5 Å². The molecule has 2 aromatic rings. The molecule has 0 aliphatic carbocycles. The predicted octanol–water partition coefficient (Wildman–Crippen LogP) is 1.28. The molecule has 0 fully saturated rings. The fourth-order valence-electron chi connectivity index (χ4n) is 1.22. The molecule has 0 N–H and O–H groups in total. The molecule has 0 saturated carbocycles. The highest BCUT2D eigenvalue weighted by Crippen LogP contribution is 2.03. The zero-order valence-corrected chi connectivity index (χ0v) is 7.71. The number of pyridine rings is 1. The maximum atomic E-state index is 11.8. The van der Waals surface area contributed by atoms with E-state index in [4.69, 9.17) is 0 Å². The molecule has 4 heteroatoms. The molecule has 4 nitrogen and oxygen atoms in total. The number of aryl methyl sites for hydroxylation is 1. The van der Waals surface area contributed by atoms with Gasteiger partial charge in [0.25, 0.3) is 5.91 Å². The second-order valence-corrected chi connectivity index (χ2v) is 2.89. The van der Waals surface area contributed by atoms with Crippen LogP contribution in [0.4, 0.5) is 0 Å². The highest BCUT2D eigenvalue weighted by Gasteiger charge is 2.09. The molecule has 0 aliphatic rings. The summed E-state index contributed by atoms with van der Waals surface area (Å²) in [6, 6.07) is 3.47. The Morgan fingerprint density at radius 1 is 1.43 bits per heavy atom. The average molecular weight is 187 g/mol. The number of hydrogen-bond donors (Lipinski definition) is 0. The third-order valence-corrected chi connectivity index (χ3v) is 1.95. The predicted molar refractivity (Wildman–Crippen MR) is 50.9 cm³/mol. The van der Waals surface area contributed by atoms with Gasteiger partial charge >= 0.3 is 0 Å². The van der Waals surface area contributed by atoms with E-state index in [0.29, 0.717) is 11.4 Å². The Kier molecular flexibility index (Phi) is 2.10. The summed E-state index contributed by atoms with van der Waals surface area (Å²) in [7, 11) is 0. The summed E-state index contributed by atoms with van der Waals surface area (Å²) in [4.78, 5) is 19.7. The van der Waals surface area contributed by atoms with Gasteiger partial charge < -0.3 is 0 Å². The van der Waals surface area contributed by atoms with Crippen molar-refractivity contribution < 1.29 is 4.79 Å². The van der Waals surface area contributed by atoms with Crippen LogP contribution in [0.5, 0.6) is 0 Å². The highest BCUT2D eigenvalue weighted by atomic mass is 16.2.